The van der Waals surface area contributed by atoms with Gasteiger partial charge in [0.25, 0.3) is 0 Å². The van der Waals surface area contributed by atoms with Crippen molar-refractivity contribution in [3.63, 3.8) is 0 Å². The lowest BCUT2D eigenvalue weighted by Crippen LogP contribution is -2.20. The molecular formula is C11H9FN4O. The average molecular weight is 232 g/mol. The topological polar surface area (TPSA) is 66.9 Å². The van der Waals surface area contributed by atoms with E-state index in [1.165, 1.54) is 36.7 Å². The molecule has 0 aliphatic rings. The van der Waals surface area contributed by atoms with Gasteiger partial charge in [-0.05, 0) is 30.3 Å². The summed E-state index contributed by atoms with van der Waals surface area (Å²) in [5.41, 5.74) is 0.486. The molecule has 0 fully saturated rings. The predicted molar refractivity (Wildman–Crippen MR) is 61.1 cm³/mol. The number of rotatable bonds is 2. The first kappa shape index (κ1) is 11.0. The number of halogens is 1. The van der Waals surface area contributed by atoms with E-state index in [1.54, 1.807) is 6.07 Å². The molecule has 2 N–H and O–H groups in total. The number of nitrogens with zero attached hydrogens (tertiary/aromatic N) is 2. The third kappa shape index (κ3) is 3.23. The maximum Gasteiger partial charge on any atom is 0.326 e. The van der Waals surface area contributed by atoms with E-state index in [1.807, 2.05) is 0 Å². The normalized spacial score (nSPS) is 9.71. The fourth-order valence-corrected chi connectivity index (χ4v) is 1.16. The summed E-state index contributed by atoms with van der Waals surface area (Å²) in [5, 5.41) is 4.96. The van der Waals surface area contributed by atoms with Crippen molar-refractivity contribution in [1.82, 2.24) is 9.97 Å². The van der Waals surface area contributed by atoms with Crippen molar-refractivity contribution in [2.24, 2.45) is 0 Å². The third-order valence-corrected chi connectivity index (χ3v) is 1.89. The van der Waals surface area contributed by atoms with Crippen molar-refractivity contribution in [3.8, 4) is 0 Å². The summed E-state index contributed by atoms with van der Waals surface area (Å²) in [5.74, 6) is -0.158. The Morgan fingerprint density at radius 3 is 2.35 bits per heavy atom. The van der Waals surface area contributed by atoms with Crippen LogP contribution in [0, 0.1) is 5.82 Å². The molecule has 0 unspecified atom stereocenters. The molecule has 1 heterocycles. The number of anilines is 2. The van der Waals surface area contributed by atoms with Crippen molar-refractivity contribution in [2.45, 2.75) is 0 Å². The van der Waals surface area contributed by atoms with Crippen LogP contribution in [0.15, 0.2) is 42.7 Å². The Labute approximate surface area is 96.7 Å². The minimum Gasteiger partial charge on any atom is -0.308 e. The van der Waals surface area contributed by atoms with Gasteiger partial charge in [-0.1, -0.05) is 0 Å². The summed E-state index contributed by atoms with van der Waals surface area (Å²) in [4.78, 5) is 19.1. The number of hydrogen-bond donors (Lipinski definition) is 2. The molecule has 2 aromatic rings. The molecule has 0 radical (unpaired) electrons. The van der Waals surface area contributed by atoms with Gasteiger partial charge in [0.2, 0.25) is 5.95 Å². The molecule has 2 rings (SSSR count). The molecule has 86 valence electrons. The molecule has 0 aliphatic carbocycles. The van der Waals surface area contributed by atoms with Crippen LogP contribution in [0.1, 0.15) is 0 Å². The first-order valence-corrected chi connectivity index (χ1v) is 4.84. The van der Waals surface area contributed by atoms with Gasteiger partial charge in [-0.15, -0.1) is 0 Å². The smallest absolute Gasteiger partial charge is 0.308 e. The highest BCUT2D eigenvalue weighted by atomic mass is 19.1. The summed E-state index contributed by atoms with van der Waals surface area (Å²) in [6.07, 6.45) is 3.03. The van der Waals surface area contributed by atoms with E-state index in [9.17, 15) is 9.18 Å². The van der Waals surface area contributed by atoms with E-state index in [0.29, 0.717) is 5.69 Å². The largest absolute Gasteiger partial charge is 0.326 e. The number of carbonyl (C=O) groups excluding carboxylic acids is 1. The maximum atomic E-state index is 12.6. The van der Waals surface area contributed by atoms with Crippen LogP contribution in [-0.4, -0.2) is 16.0 Å². The molecule has 0 saturated carbocycles. The van der Waals surface area contributed by atoms with Gasteiger partial charge < -0.3 is 5.32 Å². The quantitative estimate of drug-likeness (QED) is 0.834. The van der Waals surface area contributed by atoms with Crippen LogP contribution < -0.4 is 10.6 Å². The predicted octanol–water partition coefficient (Wildman–Crippen LogP) is 2.26. The number of urea groups is 1. The molecule has 17 heavy (non-hydrogen) atoms. The third-order valence-electron chi connectivity index (χ3n) is 1.89. The Kier molecular flexibility index (Phi) is 3.25. The monoisotopic (exact) mass is 232 g/mol. The van der Waals surface area contributed by atoms with Crippen LogP contribution in [0.25, 0.3) is 0 Å². The van der Waals surface area contributed by atoms with Gasteiger partial charge in [0.1, 0.15) is 5.82 Å². The van der Waals surface area contributed by atoms with Crippen molar-refractivity contribution in [2.75, 3.05) is 10.6 Å². The lowest BCUT2D eigenvalue weighted by atomic mass is 10.3. The molecule has 0 bridgehead atoms. The van der Waals surface area contributed by atoms with Crippen LogP contribution >= 0.6 is 0 Å². The zero-order valence-electron chi connectivity index (χ0n) is 8.72. The van der Waals surface area contributed by atoms with E-state index in [-0.39, 0.29) is 11.8 Å². The molecule has 1 aromatic carbocycles. The first-order chi connectivity index (χ1) is 8.24. The van der Waals surface area contributed by atoms with Gasteiger partial charge in [0.15, 0.2) is 0 Å². The molecule has 5 nitrogen and oxygen atoms in total. The molecule has 0 spiro atoms. The number of benzene rings is 1. The van der Waals surface area contributed by atoms with Crippen LogP contribution in [-0.2, 0) is 0 Å². The van der Waals surface area contributed by atoms with Gasteiger partial charge >= 0.3 is 6.03 Å². The molecule has 0 aliphatic heterocycles. The highest BCUT2D eigenvalue weighted by Gasteiger charge is 2.03. The van der Waals surface area contributed by atoms with Crippen molar-refractivity contribution < 1.29 is 9.18 Å². The highest BCUT2D eigenvalue weighted by Crippen LogP contribution is 2.08. The SMILES string of the molecule is O=C(Nc1ccc(F)cc1)Nc1ncccn1. The summed E-state index contributed by atoms with van der Waals surface area (Å²) in [6.45, 7) is 0. The van der Waals surface area contributed by atoms with Gasteiger partial charge in [-0.2, -0.15) is 0 Å². The van der Waals surface area contributed by atoms with E-state index in [2.05, 4.69) is 20.6 Å². The summed E-state index contributed by atoms with van der Waals surface area (Å²) >= 11 is 0. The molecule has 1 aromatic heterocycles. The van der Waals surface area contributed by atoms with Crippen LogP contribution in [0.2, 0.25) is 0 Å². The second-order valence-electron chi connectivity index (χ2n) is 3.16. The Hall–Kier alpha value is -2.50. The zero-order chi connectivity index (χ0) is 12.1. The van der Waals surface area contributed by atoms with Crippen molar-refractivity contribution in [3.05, 3.63) is 48.5 Å². The molecule has 2 amide bonds. The minimum absolute atomic E-state index is 0.201. The van der Waals surface area contributed by atoms with Gasteiger partial charge in [-0.25, -0.2) is 19.2 Å². The standard InChI is InChI=1S/C11H9FN4O/c12-8-2-4-9(5-3-8)15-11(17)16-10-13-6-1-7-14-10/h1-7H,(H2,13,14,15,16,17). The molecule has 0 atom stereocenters. The van der Waals surface area contributed by atoms with Crippen molar-refractivity contribution >= 4 is 17.7 Å². The van der Waals surface area contributed by atoms with Gasteiger partial charge in [-0.3, -0.25) is 5.32 Å². The Morgan fingerprint density at radius 2 is 1.71 bits per heavy atom. The fraction of sp³-hybridized carbons (Fsp3) is 0. The molecule has 6 heteroatoms. The van der Waals surface area contributed by atoms with E-state index in [4.69, 9.17) is 0 Å². The Balaban J connectivity index is 1.96. The number of carbonyl (C=O) groups is 1. The van der Waals surface area contributed by atoms with Crippen LogP contribution in [0.4, 0.5) is 20.8 Å². The summed E-state index contributed by atoms with van der Waals surface area (Å²) in [6, 6.07) is 6.59. The number of nitrogens with one attached hydrogen (secondary N) is 2. The average Bonchev–Trinajstić information content (AvgIpc) is 2.33. The Bertz CT molecular complexity index is 501. The summed E-state index contributed by atoms with van der Waals surface area (Å²) < 4.78 is 12.6. The first-order valence-electron chi connectivity index (χ1n) is 4.84. The van der Waals surface area contributed by atoms with Crippen molar-refractivity contribution in [1.29, 1.82) is 0 Å². The number of aromatic nitrogens is 2. The highest BCUT2D eigenvalue weighted by molar-refractivity contribution is 5.98. The second kappa shape index (κ2) is 5.02. The summed E-state index contributed by atoms with van der Waals surface area (Å²) in [7, 11) is 0. The number of amides is 2. The minimum atomic E-state index is -0.484. The maximum absolute atomic E-state index is 12.6. The van der Waals surface area contributed by atoms with Gasteiger partial charge in [0, 0.05) is 18.1 Å². The lowest BCUT2D eigenvalue weighted by molar-refractivity contribution is 0.262. The zero-order valence-corrected chi connectivity index (χ0v) is 8.72. The van der Waals surface area contributed by atoms with Gasteiger partial charge in [0.05, 0.1) is 0 Å². The lowest BCUT2D eigenvalue weighted by Gasteiger charge is -2.05. The molecule has 0 saturated heterocycles. The fourth-order valence-electron chi connectivity index (χ4n) is 1.16. The number of hydrogen-bond acceptors (Lipinski definition) is 3. The van der Waals surface area contributed by atoms with Crippen LogP contribution in [0.5, 0.6) is 0 Å². The van der Waals surface area contributed by atoms with E-state index >= 15 is 0 Å². The Morgan fingerprint density at radius 1 is 1.06 bits per heavy atom. The van der Waals surface area contributed by atoms with E-state index in [0.717, 1.165) is 0 Å². The van der Waals surface area contributed by atoms with Crippen LogP contribution in [0.3, 0.4) is 0 Å². The molecular weight excluding hydrogens is 223 g/mol. The second-order valence-corrected chi connectivity index (χ2v) is 3.16. The van der Waals surface area contributed by atoms with E-state index < -0.39 is 6.03 Å².